The Morgan fingerprint density at radius 2 is 2.05 bits per heavy atom. The average molecular weight is 269 g/mol. The van der Waals surface area contributed by atoms with Gasteiger partial charge in [-0.25, -0.2) is 9.97 Å². The molecule has 3 rings (SSSR count). The summed E-state index contributed by atoms with van der Waals surface area (Å²) >= 11 is 0. The van der Waals surface area contributed by atoms with E-state index < -0.39 is 0 Å². The van der Waals surface area contributed by atoms with E-state index in [2.05, 4.69) is 19.9 Å². The number of fused-ring (bicyclic) bond motifs is 1. The second-order valence-electron chi connectivity index (χ2n) is 4.56. The normalized spacial score (nSPS) is 10.9. The fraction of sp³-hybridized carbons (Fsp3) is 0.214. The zero-order valence-corrected chi connectivity index (χ0v) is 11.6. The summed E-state index contributed by atoms with van der Waals surface area (Å²) in [7, 11) is 1.62. The molecule has 3 aromatic heterocycles. The number of hydrogen-bond donors (Lipinski definition) is 2. The molecule has 3 N–H and O–H groups in total. The molecule has 0 unspecified atom stereocenters. The molecule has 6 heteroatoms. The van der Waals surface area contributed by atoms with Crippen LogP contribution in [-0.4, -0.2) is 27.0 Å². The van der Waals surface area contributed by atoms with Crippen LogP contribution >= 0.6 is 0 Å². The molecular weight excluding hydrogens is 254 g/mol. The third-order valence-corrected chi connectivity index (χ3v) is 3.27. The molecule has 3 aromatic rings. The van der Waals surface area contributed by atoms with Gasteiger partial charge in [0.15, 0.2) is 0 Å². The Bertz CT molecular complexity index is 794. The molecule has 0 amide bonds. The summed E-state index contributed by atoms with van der Waals surface area (Å²) in [6.07, 6.45) is 1.73. The minimum atomic E-state index is 0.474. The zero-order chi connectivity index (χ0) is 14.3. The molecule has 0 saturated heterocycles. The van der Waals surface area contributed by atoms with Gasteiger partial charge in [-0.2, -0.15) is 0 Å². The fourth-order valence-electron chi connectivity index (χ4n) is 2.37. The van der Waals surface area contributed by atoms with Gasteiger partial charge in [0.2, 0.25) is 0 Å². The van der Waals surface area contributed by atoms with Crippen LogP contribution in [0.1, 0.15) is 11.4 Å². The summed E-state index contributed by atoms with van der Waals surface area (Å²) < 4.78 is 5.35. The molecule has 0 atom stereocenters. The van der Waals surface area contributed by atoms with Crippen molar-refractivity contribution in [3.8, 4) is 17.1 Å². The van der Waals surface area contributed by atoms with Gasteiger partial charge in [-0.1, -0.05) is 0 Å². The second-order valence-corrected chi connectivity index (χ2v) is 4.56. The Hall–Kier alpha value is -2.63. The highest BCUT2D eigenvalue weighted by atomic mass is 16.5. The third-order valence-electron chi connectivity index (χ3n) is 3.27. The first-order valence-corrected chi connectivity index (χ1v) is 6.23. The molecule has 0 aliphatic rings. The van der Waals surface area contributed by atoms with Gasteiger partial charge in [-0.05, 0) is 31.5 Å². The minimum absolute atomic E-state index is 0.474. The number of nitrogens with zero attached hydrogens (tertiary/aromatic N) is 3. The largest absolute Gasteiger partial charge is 0.494 e. The fourth-order valence-corrected chi connectivity index (χ4v) is 2.37. The molecule has 102 valence electrons. The smallest absolute Gasteiger partial charge is 0.146 e. The number of aromatic nitrogens is 4. The van der Waals surface area contributed by atoms with Crippen molar-refractivity contribution in [1.29, 1.82) is 0 Å². The number of nitrogen functional groups attached to an aromatic ring is 1. The average Bonchev–Trinajstić information content (AvgIpc) is 2.75. The van der Waals surface area contributed by atoms with Gasteiger partial charge in [-0.15, -0.1) is 0 Å². The van der Waals surface area contributed by atoms with Crippen LogP contribution < -0.4 is 10.5 Å². The summed E-state index contributed by atoms with van der Waals surface area (Å²) in [6.45, 7) is 3.78. The van der Waals surface area contributed by atoms with Crippen LogP contribution in [0.2, 0.25) is 0 Å². The standard InChI is InChI=1S/C14H15N5O/c1-7-10-13(15)17-8(2)18-14(10)19-11(7)12-9(20-3)5-4-6-16-12/h4-6H,1-3H3,(H3,15,17,18,19). The number of aromatic amines is 1. The predicted molar refractivity (Wildman–Crippen MR) is 77.6 cm³/mol. The third kappa shape index (κ3) is 1.77. The number of nitrogens with one attached hydrogen (secondary N) is 1. The Morgan fingerprint density at radius 1 is 1.25 bits per heavy atom. The van der Waals surface area contributed by atoms with Crippen molar-refractivity contribution in [1.82, 2.24) is 19.9 Å². The van der Waals surface area contributed by atoms with Gasteiger partial charge >= 0.3 is 0 Å². The van der Waals surface area contributed by atoms with E-state index in [1.165, 1.54) is 0 Å². The lowest BCUT2D eigenvalue weighted by Gasteiger charge is -2.06. The van der Waals surface area contributed by atoms with Crippen molar-refractivity contribution in [2.45, 2.75) is 13.8 Å². The number of H-pyrrole nitrogens is 1. The number of anilines is 1. The van der Waals surface area contributed by atoms with Crippen LogP contribution in [0.25, 0.3) is 22.4 Å². The molecular formula is C14H15N5O. The monoisotopic (exact) mass is 269 g/mol. The second kappa shape index (κ2) is 4.48. The summed E-state index contributed by atoms with van der Waals surface area (Å²) in [5.41, 5.74) is 9.27. The molecule has 6 nitrogen and oxygen atoms in total. The van der Waals surface area contributed by atoms with Crippen molar-refractivity contribution in [2.75, 3.05) is 12.8 Å². The Kier molecular flexibility index (Phi) is 2.78. The van der Waals surface area contributed by atoms with Gasteiger partial charge < -0.3 is 15.5 Å². The van der Waals surface area contributed by atoms with Gasteiger partial charge in [0.05, 0.1) is 18.2 Å². The highest BCUT2D eigenvalue weighted by Gasteiger charge is 2.17. The van der Waals surface area contributed by atoms with Crippen molar-refractivity contribution >= 4 is 16.9 Å². The van der Waals surface area contributed by atoms with Crippen LogP contribution in [0, 0.1) is 13.8 Å². The SMILES string of the molecule is COc1cccnc1-c1[nH]c2nc(C)nc(N)c2c1C. The van der Waals surface area contributed by atoms with Gasteiger partial charge in [0.25, 0.3) is 0 Å². The molecule has 0 bridgehead atoms. The number of methoxy groups -OCH3 is 1. The molecule has 0 saturated carbocycles. The minimum Gasteiger partial charge on any atom is -0.494 e. The molecule has 3 heterocycles. The number of pyridine rings is 1. The zero-order valence-electron chi connectivity index (χ0n) is 11.6. The van der Waals surface area contributed by atoms with E-state index in [0.717, 1.165) is 28.0 Å². The molecule has 0 aromatic carbocycles. The van der Waals surface area contributed by atoms with Crippen molar-refractivity contribution in [3.63, 3.8) is 0 Å². The molecule has 20 heavy (non-hydrogen) atoms. The Labute approximate surface area is 116 Å². The van der Waals surface area contributed by atoms with Gasteiger partial charge in [0, 0.05) is 6.20 Å². The first-order valence-electron chi connectivity index (χ1n) is 6.23. The van der Waals surface area contributed by atoms with E-state index >= 15 is 0 Å². The van der Waals surface area contributed by atoms with Crippen molar-refractivity contribution < 1.29 is 4.74 Å². The van der Waals surface area contributed by atoms with Crippen LogP contribution in [-0.2, 0) is 0 Å². The van der Waals surface area contributed by atoms with E-state index in [1.807, 2.05) is 26.0 Å². The quantitative estimate of drug-likeness (QED) is 0.744. The summed E-state index contributed by atoms with van der Waals surface area (Å²) in [4.78, 5) is 16.2. The molecule has 0 radical (unpaired) electrons. The van der Waals surface area contributed by atoms with Crippen LogP contribution in [0.3, 0.4) is 0 Å². The topological polar surface area (TPSA) is 89.7 Å². The van der Waals surface area contributed by atoms with E-state index in [0.29, 0.717) is 17.4 Å². The van der Waals surface area contributed by atoms with Crippen molar-refractivity contribution in [3.05, 3.63) is 29.7 Å². The summed E-state index contributed by atoms with van der Waals surface area (Å²) in [5, 5.41) is 0.832. The maximum Gasteiger partial charge on any atom is 0.146 e. The van der Waals surface area contributed by atoms with E-state index in [-0.39, 0.29) is 0 Å². The van der Waals surface area contributed by atoms with E-state index in [4.69, 9.17) is 10.5 Å². The maximum atomic E-state index is 6.00. The summed E-state index contributed by atoms with van der Waals surface area (Å²) in [6, 6.07) is 3.70. The molecule has 0 fully saturated rings. The highest BCUT2D eigenvalue weighted by Crippen LogP contribution is 2.34. The first-order chi connectivity index (χ1) is 9.61. The maximum absolute atomic E-state index is 6.00. The Morgan fingerprint density at radius 3 is 2.80 bits per heavy atom. The Balaban J connectivity index is 2.32. The molecule has 0 spiro atoms. The lowest BCUT2D eigenvalue weighted by atomic mass is 10.1. The van der Waals surface area contributed by atoms with Crippen molar-refractivity contribution in [2.24, 2.45) is 0 Å². The van der Waals surface area contributed by atoms with Gasteiger partial charge in [0.1, 0.15) is 28.7 Å². The number of ether oxygens (including phenoxy) is 1. The number of rotatable bonds is 2. The van der Waals surface area contributed by atoms with Gasteiger partial charge in [-0.3, -0.25) is 4.98 Å². The molecule has 0 aliphatic heterocycles. The first kappa shape index (κ1) is 12.4. The summed E-state index contributed by atoms with van der Waals surface area (Å²) in [5.74, 6) is 1.81. The predicted octanol–water partition coefficient (Wildman–Crippen LogP) is 2.23. The van der Waals surface area contributed by atoms with E-state index in [9.17, 15) is 0 Å². The lowest BCUT2D eigenvalue weighted by Crippen LogP contribution is -1.96. The van der Waals surface area contributed by atoms with Crippen LogP contribution in [0.15, 0.2) is 18.3 Å². The van der Waals surface area contributed by atoms with Crippen LogP contribution in [0.4, 0.5) is 5.82 Å². The number of hydrogen-bond acceptors (Lipinski definition) is 5. The number of nitrogens with two attached hydrogens (primary N) is 1. The van der Waals surface area contributed by atoms with E-state index in [1.54, 1.807) is 13.3 Å². The highest BCUT2D eigenvalue weighted by molar-refractivity contribution is 5.95. The number of aryl methyl sites for hydroxylation is 2. The molecule has 0 aliphatic carbocycles. The van der Waals surface area contributed by atoms with Crippen LogP contribution in [0.5, 0.6) is 5.75 Å². The lowest BCUT2D eigenvalue weighted by molar-refractivity contribution is 0.414.